The molecular weight excluding hydrogens is 299 g/mol. The third-order valence-corrected chi connectivity index (χ3v) is 3.86. The summed E-state index contributed by atoms with van der Waals surface area (Å²) in [4.78, 5) is 11.7. The van der Waals surface area contributed by atoms with E-state index in [2.05, 4.69) is 21.9 Å². The van der Waals surface area contributed by atoms with Gasteiger partial charge in [-0.3, -0.25) is 4.79 Å². The molecule has 1 aromatic rings. The summed E-state index contributed by atoms with van der Waals surface area (Å²) in [6.45, 7) is -0.475. The lowest BCUT2D eigenvalue weighted by Gasteiger charge is -2.06. The third-order valence-electron chi connectivity index (χ3n) is 2.50. The van der Waals surface area contributed by atoms with Crippen LogP contribution in [0.4, 0.5) is 4.39 Å². The van der Waals surface area contributed by atoms with Crippen molar-refractivity contribution in [2.24, 2.45) is 0 Å². The molecule has 6 nitrogen and oxygen atoms in total. The van der Waals surface area contributed by atoms with Crippen molar-refractivity contribution in [2.45, 2.75) is 0 Å². The average molecular weight is 314 g/mol. The molecule has 0 spiro atoms. The van der Waals surface area contributed by atoms with Crippen LogP contribution < -0.4 is 10.0 Å². The minimum atomic E-state index is -3.40. The summed E-state index contributed by atoms with van der Waals surface area (Å²) < 4.78 is 38.1. The number of benzene rings is 1. The number of carbonyl (C=O) groups excluding carboxylic acids is 1. The summed E-state index contributed by atoms with van der Waals surface area (Å²) in [5, 5.41) is 10.9. The molecule has 0 saturated heterocycles. The number of carbonyl (C=O) groups is 1. The number of rotatable bonds is 5. The molecule has 0 unspecified atom stereocenters. The monoisotopic (exact) mass is 314 g/mol. The van der Waals surface area contributed by atoms with Gasteiger partial charge in [0.15, 0.2) is 0 Å². The van der Waals surface area contributed by atoms with Crippen molar-refractivity contribution in [3.05, 3.63) is 35.1 Å². The van der Waals surface area contributed by atoms with Crippen molar-refractivity contribution in [2.75, 3.05) is 26.0 Å². The van der Waals surface area contributed by atoms with E-state index >= 15 is 0 Å². The maximum Gasteiger partial charge on any atom is 0.251 e. The number of hydrogen-bond donors (Lipinski definition) is 3. The second-order valence-corrected chi connectivity index (χ2v) is 5.98. The number of aliphatic hydroxyl groups is 1. The van der Waals surface area contributed by atoms with E-state index in [1.54, 1.807) is 0 Å². The third kappa shape index (κ3) is 5.51. The Balaban J connectivity index is 2.69. The summed E-state index contributed by atoms with van der Waals surface area (Å²) in [7, 11) is -2.13. The van der Waals surface area contributed by atoms with E-state index in [1.807, 2.05) is 0 Å². The zero-order chi connectivity index (χ0) is 15.9. The molecule has 0 aliphatic heterocycles. The summed E-state index contributed by atoms with van der Waals surface area (Å²) in [5.41, 5.74) is 0.127. The van der Waals surface area contributed by atoms with Gasteiger partial charge in [0.05, 0.1) is 11.3 Å². The molecular formula is C13H15FN2O4S. The summed E-state index contributed by atoms with van der Waals surface area (Å²) in [6, 6.07) is 3.69. The Morgan fingerprint density at radius 1 is 1.43 bits per heavy atom. The summed E-state index contributed by atoms with van der Waals surface area (Å²) in [6.07, 6.45) is 0. The molecule has 1 aromatic carbocycles. The largest absolute Gasteiger partial charge is 0.384 e. The summed E-state index contributed by atoms with van der Waals surface area (Å²) >= 11 is 0. The van der Waals surface area contributed by atoms with Gasteiger partial charge < -0.3 is 10.4 Å². The van der Waals surface area contributed by atoms with Crippen LogP contribution in [0.15, 0.2) is 18.2 Å². The van der Waals surface area contributed by atoms with Crippen molar-refractivity contribution >= 4 is 15.9 Å². The molecule has 0 saturated carbocycles. The second-order valence-electron chi connectivity index (χ2n) is 3.93. The number of sulfonamides is 1. The topological polar surface area (TPSA) is 95.5 Å². The van der Waals surface area contributed by atoms with E-state index in [-0.39, 0.29) is 30.0 Å². The Bertz CT molecular complexity index is 677. The highest BCUT2D eigenvalue weighted by molar-refractivity contribution is 7.89. The van der Waals surface area contributed by atoms with Crippen LogP contribution in [0, 0.1) is 17.7 Å². The minimum absolute atomic E-state index is 0.0592. The first-order valence-corrected chi connectivity index (χ1v) is 7.63. The predicted molar refractivity (Wildman–Crippen MR) is 75.5 cm³/mol. The molecule has 0 atom stereocenters. The highest BCUT2D eigenvalue weighted by Gasteiger charge is 2.11. The molecule has 0 fully saturated rings. The van der Waals surface area contributed by atoms with Crippen molar-refractivity contribution in [3.63, 3.8) is 0 Å². The van der Waals surface area contributed by atoms with Crippen LogP contribution in [-0.2, 0) is 10.0 Å². The van der Waals surface area contributed by atoms with Gasteiger partial charge in [0.25, 0.3) is 5.91 Å². The van der Waals surface area contributed by atoms with Gasteiger partial charge in [0.2, 0.25) is 10.0 Å². The molecule has 1 amide bonds. The van der Waals surface area contributed by atoms with Crippen LogP contribution in [0.25, 0.3) is 0 Å². The van der Waals surface area contributed by atoms with Crippen LogP contribution in [-0.4, -0.2) is 45.4 Å². The molecule has 0 bridgehead atoms. The highest BCUT2D eigenvalue weighted by atomic mass is 32.2. The van der Waals surface area contributed by atoms with Gasteiger partial charge >= 0.3 is 0 Å². The van der Waals surface area contributed by atoms with Gasteiger partial charge in [-0.25, -0.2) is 17.5 Å². The first kappa shape index (κ1) is 17.1. The van der Waals surface area contributed by atoms with Crippen molar-refractivity contribution in [1.82, 2.24) is 10.0 Å². The van der Waals surface area contributed by atoms with Gasteiger partial charge in [-0.1, -0.05) is 11.8 Å². The van der Waals surface area contributed by atoms with E-state index in [4.69, 9.17) is 5.11 Å². The highest BCUT2D eigenvalue weighted by Crippen LogP contribution is 2.09. The zero-order valence-electron chi connectivity index (χ0n) is 11.3. The molecule has 114 valence electrons. The molecule has 0 aliphatic rings. The lowest BCUT2D eigenvalue weighted by atomic mass is 10.1. The van der Waals surface area contributed by atoms with Crippen LogP contribution in [0.3, 0.4) is 0 Å². The van der Waals surface area contributed by atoms with Gasteiger partial charge in [-0.05, 0) is 25.2 Å². The van der Waals surface area contributed by atoms with Crippen LogP contribution in [0.5, 0.6) is 0 Å². The fourth-order valence-corrected chi connectivity index (χ4v) is 1.97. The van der Waals surface area contributed by atoms with Crippen molar-refractivity contribution < 1.29 is 22.7 Å². The lowest BCUT2D eigenvalue weighted by Crippen LogP contribution is -2.33. The molecule has 0 aromatic heterocycles. The normalized spacial score (nSPS) is 10.6. The SMILES string of the molecule is CNS(=O)(=O)CCNC(=O)c1ccc(C#CCO)c(F)c1. The number of amides is 1. The fourth-order valence-electron chi connectivity index (χ4n) is 1.40. The molecule has 3 N–H and O–H groups in total. The molecule has 0 aliphatic carbocycles. The number of aliphatic hydroxyl groups excluding tert-OH is 1. The predicted octanol–water partition coefficient (Wildman–Crippen LogP) is -0.552. The second kappa shape index (κ2) is 7.73. The molecule has 8 heteroatoms. The quantitative estimate of drug-likeness (QED) is 0.635. The maximum atomic E-state index is 13.6. The Kier molecular flexibility index (Phi) is 6.30. The number of nitrogens with one attached hydrogen (secondary N) is 2. The fraction of sp³-hybridized carbons (Fsp3) is 0.308. The minimum Gasteiger partial charge on any atom is -0.384 e. The summed E-state index contributed by atoms with van der Waals surface area (Å²) in [5.74, 6) is 3.17. The zero-order valence-corrected chi connectivity index (χ0v) is 12.1. The van der Waals surface area contributed by atoms with E-state index in [0.29, 0.717) is 0 Å². The first-order chi connectivity index (χ1) is 9.89. The van der Waals surface area contributed by atoms with Crippen molar-refractivity contribution in [1.29, 1.82) is 0 Å². The standard InChI is InChI=1S/C13H15FN2O4S/c1-15-21(19,20)8-6-16-13(18)11-5-4-10(3-2-7-17)12(14)9-11/h4-5,9,15,17H,6-8H2,1H3,(H,16,18). The van der Waals surface area contributed by atoms with Crippen molar-refractivity contribution in [3.8, 4) is 11.8 Å². The van der Waals surface area contributed by atoms with E-state index in [0.717, 1.165) is 6.07 Å². The van der Waals surface area contributed by atoms with Crippen LogP contribution in [0.2, 0.25) is 0 Å². The number of hydrogen-bond acceptors (Lipinski definition) is 4. The Labute approximate surface area is 122 Å². The maximum absolute atomic E-state index is 13.6. The smallest absolute Gasteiger partial charge is 0.251 e. The Hall–Kier alpha value is -1.95. The molecule has 1 rings (SSSR count). The Morgan fingerprint density at radius 2 is 2.14 bits per heavy atom. The molecule has 0 heterocycles. The van der Waals surface area contributed by atoms with Gasteiger partial charge in [0, 0.05) is 12.1 Å². The van der Waals surface area contributed by atoms with Gasteiger partial charge in [-0.2, -0.15) is 0 Å². The number of halogens is 1. The van der Waals surface area contributed by atoms with E-state index < -0.39 is 21.7 Å². The van der Waals surface area contributed by atoms with Gasteiger partial charge in [0.1, 0.15) is 12.4 Å². The van der Waals surface area contributed by atoms with E-state index in [9.17, 15) is 17.6 Å². The van der Waals surface area contributed by atoms with Crippen LogP contribution in [0.1, 0.15) is 15.9 Å². The molecule has 21 heavy (non-hydrogen) atoms. The average Bonchev–Trinajstić information content (AvgIpc) is 2.45. The van der Waals surface area contributed by atoms with Crippen LogP contribution >= 0.6 is 0 Å². The molecule has 0 radical (unpaired) electrons. The Morgan fingerprint density at radius 3 is 2.71 bits per heavy atom. The lowest BCUT2D eigenvalue weighted by molar-refractivity contribution is 0.0955. The van der Waals surface area contributed by atoms with E-state index in [1.165, 1.54) is 19.2 Å². The first-order valence-electron chi connectivity index (χ1n) is 5.98. The van der Waals surface area contributed by atoms with Gasteiger partial charge in [-0.15, -0.1) is 0 Å².